The summed E-state index contributed by atoms with van der Waals surface area (Å²) in [6, 6.07) is 11.5. The summed E-state index contributed by atoms with van der Waals surface area (Å²) >= 11 is 0. The Balaban J connectivity index is 1.40. The van der Waals surface area contributed by atoms with Gasteiger partial charge in [0.05, 0.1) is 22.0 Å². The molecule has 14 heteroatoms. The number of sulfonamides is 1. The van der Waals surface area contributed by atoms with Gasteiger partial charge in [0, 0.05) is 43.5 Å². The van der Waals surface area contributed by atoms with Crippen molar-refractivity contribution < 1.29 is 35.9 Å². The lowest BCUT2D eigenvalue weighted by Crippen LogP contribution is -2.60. The zero-order valence-corrected chi connectivity index (χ0v) is 31.2. The first-order valence-electron chi connectivity index (χ1n) is 17.8. The number of nitrogens with zero attached hydrogens (tertiary/aromatic N) is 4. The average molecular weight is 744 g/mol. The summed E-state index contributed by atoms with van der Waals surface area (Å²) in [6.07, 6.45) is -0.917. The molecular formula is C38H48F3N5O5S. The van der Waals surface area contributed by atoms with Crippen LogP contribution >= 0.6 is 0 Å². The molecule has 282 valence electrons. The number of rotatable bonds is 8. The van der Waals surface area contributed by atoms with Crippen molar-refractivity contribution in [2.24, 2.45) is 10.8 Å². The lowest BCUT2D eigenvalue weighted by molar-refractivity contribution is -0.219. The second-order valence-corrected chi connectivity index (χ2v) is 17.0. The SMILES string of the molecule is COCCCN1CCC2(CC1)CC(N1C(=O)c3cccc(c3)S(=O)(=O)Nc3nc(cc(-c4c(C)cccc4C)n3)OC[C@H]1CC(C)(C)C(F)(F)F)C2. The van der Waals surface area contributed by atoms with E-state index in [0.717, 1.165) is 69.4 Å². The van der Waals surface area contributed by atoms with Crippen LogP contribution in [0.3, 0.4) is 0 Å². The second kappa shape index (κ2) is 14.6. The third-order valence-electron chi connectivity index (χ3n) is 11.1. The topological polar surface area (TPSA) is 114 Å². The number of aromatic nitrogens is 2. The number of carbonyl (C=O) groups excluding carboxylic acids is 1. The van der Waals surface area contributed by atoms with Crippen molar-refractivity contribution in [2.75, 3.05) is 44.7 Å². The molecule has 1 N–H and O–H groups in total. The molecule has 2 aliphatic heterocycles. The third-order valence-corrected chi connectivity index (χ3v) is 12.4. The molecule has 10 nitrogen and oxygen atoms in total. The molecule has 3 heterocycles. The highest BCUT2D eigenvalue weighted by Gasteiger charge is 2.54. The van der Waals surface area contributed by atoms with Gasteiger partial charge in [-0.3, -0.25) is 4.79 Å². The molecule has 1 aromatic heterocycles. The second-order valence-electron chi connectivity index (χ2n) is 15.3. The summed E-state index contributed by atoms with van der Waals surface area (Å²) in [5.41, 5.74) is 0.765. The van der Waals surface area contributed by atoms with E-state index in [1.54, 1.807) is 18.1 Å². The fraction of sp³-hybridized carbons (Fsp3) is 0.553. The van der Waals surface area contributed by atoms with Crippen molar-refractivity contribution >= 4 is 21.9 Å². The maximum atomic E-state index is 14.6. The highest BCUT2D eigenvalue weighted by atomic mass is 32.2. The molecule has 1 aliphatic carbocycles. The molecule has 2 aromatic carbocycles. The lowest BCUT2D eigenvalue weighted by atomic mass is 9.59. The Labute approximate surface area is 304 Å². The van der Waals surface area contributed by atoms with Crippen LogP contribution in [0.4, 0.5) is 19.1 Å². The Kier molecular flexibility index (Phi) is 10.7. The van der Waals surface area contributed by atoms with E-state index in [0.29, 0.717) is 25.1 Å². The molecule has 6 rings (SSSR count). The number of ether oxygens (including phenoxy) is 2. The van der Waals surface area contributed by atoms with Crippen LogP contribution in [0.15, 0.2) is 53.4 Å². The number of hydrogen-bond donors (Lipinski definition) is 1. The summed E-state index contributed by atoms with van der Waals surface area (Å²) in [4.78, 5) is 27.3. The monoisotopic (exact) mass is 743 g/mol. The van der Waals surface area contributed by atoms with Gasteiger partial charge < -0.3 is 19.3 Å². The van der Waals surface area contributed by atoms with Gasteiger partial charge in [-0.05, 0) is 100 Å². The average Bonchev–Trinajstić information content (AvgIpc) is 3.06. The minimum atomic E-state index is -4.56. The quantitative estimate of drug-likeness (QED) is 0.245. The number of alkyl halides is 3. The minimum absolute atomic E-state index is 0.0220. The van der Waals surface area contributed by atoms with Crippen LogP contribution in [0.5, 0.6) is 5.88 Å². The van der Waals surface area contributed by atoms with Crippen molar-refractivity contribution in [3.63, 3.8) is 0 Å². The minimum Gasteiger partial charge on any atom is -0.475 e. The molecule has 0 radical (unpaired) electrons. The van der Waals surface area contributed by atoms with Gasteiger partial charge in [0.1, 0.15) is 6.61 Å². The van der Waals surface area contributed by atoms with E-state index in [4.69, 9.17) is 9.47 Å². The van der Waals surface area contributed by atoms with E-state index in [-0.39, 0.29) is 40.4 Å². The molecule has 3 aliphatic rings. The van der Waals surface area contributed by atoms with E-state index in [2.05, 4.69) is 19.6 Å². The molecule has 1 spiro atoms. The molecule has 2 fully saturated rings. The van der Waals surface area contributed by atoms with Crippen molar-refractivity contribution in [1.82, 2.24) is 19.8 Å². The Morgan fingerprint density at radius 2 is 1.69 bits per heavy atom. The first kappa shape index (κ1) is 38.0. The van der Waals surface area contributed by atoms with Gasteiger partial charge in [-0.15, -0.1) is 0 Å². The predicted octanol–water partition coefficient (Wildman–Crippen LogP) is 7.02. The number of anilines is 1. The van der Waals surface area contributed by atoms with Crippen LogP contribution in [-0.4, -0.2) is 92.3 Å². The standard InChI is InChI=1S/C38H48F3N5O5S/c1-25-9-6-10-26(2)33(25)31-20-32-43-35(42-31)44-52(48,49)30-12-7-11-27(19-30)34(47)46(29(24-51-32)21-36(3,4)38(39,40)41)28-22-37(23-28)13-16-45(17-14-37)15-8-18-50-5/h6-7,9-12,19-20,28-29H,8,13-18,21-24H2,1-5H3,(H,42,43,44)/t29-/m1/s1. The Morgan fingerprint density at radius 3 is 2.35 bits per heavy atom. The van der Waals surface area contributed by atoms with Gasteiger partial charge in [-0.25, -0.2) is 18.1 Å². The number of nitrogens with one attached hydrogen (secondary N) is 1. The first-order chi connectivity index (χ1) is 24.5. The summed E-state index contributed by atoms with van der Waals surface area (Å²) in [7, 11) is -2.60. The van der Waals surface area contributed by atoms with Crippen molar-refractivity contribution in [1.29, 1.82) is 0 Å². The number of aryl methyl sites for hydroxylation is 2. The third kappa shape index (κ3) is 7.93. The highest BCUT2D eigenvalue weighted by molar-refractivity contribution is 7.92. The Hall–Kier alpha value is -3.75. The number of carbonyl (C=O) groups is 1. The number of piperidine rings is 1. The van der Waals surface area contributed by atoms with E-state index in [1.807, 2.05) is 32.0 Å². The molecule has 52 heavy (non-hydrogen) atoms. The van der Waals surface area contributed by atoms with Crippen LogP contribution in [0, 0.1) is 24.7 Å². The van der Waals surface area contributed by atoms with E-state index in [9.17, 15) is 26.4 Å². The number of hydrogen-bond acceptors (Lipinski definition) is 8. The maximum absolute atomic E-state index is 14.6. The van der Waals surface area contributed by atoms with Gasteiger partial charge in [0.15, 0.2) is 0 Å². The number of fused-ring (bicyclic) bond motifs is 4. The van der Waals surface area contributed by atoms with Crippen molar-refractivity contribution in [2.45, 2.75) is 89.4 Å². The van der Waals surface area contributed by atoms with E-state index >= 15 is 0 Å². The normalized spacial score (nSPS) is 21.0. The van der Waals surface area contributed by atoms with Gasteiger partial charge >= 0.3 is 6.18 Å². The molecule has 1 atom stereocenters. The maximum Gasteiger partial charge on any atom is 0.394 e. The Morgan fingerprint density at radius 1 is 1.02 bits per heavy atom. The summed E-state index contributed by atoms with van der Waals surface area (Å²) in [5, 5.41) is 0. The molecule has 0 unspecified atom stereocenters. The van der Waals surface area contributed by atoms with Crippen LogP contribution in [-0.2, 0) is 14.8 Å². The number of benzene rings is 2. The van der Waals surface area contributed by atoms with Gasteiger partial charge in [0.25, 0.3) is 15.9 Å². The number of halogens is 3. The van der Waals surface area contributed by atoms with E-state index in [1.165, 1.54) is 24.3 Å². The van der Waals surface area contributed by atoms with Crippen LogP contribution in [0.25, 0.3) is 11.3 Å². The van der Waals surface area contributed by atoms with Gasteiger partial charge in [0.2, 0.25) is 11.8 Å². The molecule has 4 bridgehead atoms. The molecule has 3 aromatic rings. The largest absolute Gasteiger partial charge is 0.475 e. The van der Waals surface area contributed by atoms with Crippen LogP contribution in [0.2, 0.25) is 0 Å². The predicted molar refractivity (Wildman–Crippen MR) is 192 cm³/mol. The molecular weight excluding hydrogens is 696 g/mol. The molecule has 1 saturated heterocycles. The zero-order chi connectivity index (χ0) is 37.5. The van der Waals surface area contributed by atoms with Gasteiger partial charge in [-0.2, -0.15) is 18.2 Å². The van der Waals surface area contributed by atoms with Crippen molar-refractivity contribution in [3.05, 3.63) is 65.2 Å². The number of amides is 1. The molecule has 1 amide bonds. The molecule has 1 saturated carbocycles. The fourth-order valence-corrected chi connectivity index (χ4v) is 8.99. The fourth-order valence-electron chi connectivity index (χ4n) is 8.00. The number of likely N-dealkylation sites (tertiary alicyclic amines) is 1. The summed E-state index contributed by atoms with van der Waals surface area (Å²) in [6.45, 7) is 9.23. The number of methoxy groups -OCH3 is 1. The first-order valence-corrected chi connectivity index (χ1v) is 19.3. The van der Waals surface area contributed by atoms with Crippen LogP contribution in [0.1, 0.15) is 73.9 Å². The van der Waals surface area contributed by atoms with E-state index < -0.39 is 40.0 Å². The smallest absolute Gasteiger partial charge is 0.394 e. The lowest BCUT2D eigenvalue weighted by Gasteiger charge is -2.57. The van der Waals surface area contributed by atoms with Crippen LogP contribution < -0.4 is 9.46 Å². The zero-order valence-electron chi connectivity index (χ0n) is 30.4. The summed E-state index contributed by atoms with van der Waals surface area (Å²) < 4.78 is 84.9. The van der Waals surface area contributed by atoms with Crippen molar-refractivity contribution in [3.8, 4) is 17.1 Å². The van der Waals surface area contributed by atoms with Gasteiger partial charge in [-0.1, -0.05) is 38.1 Å². The highest BCUT2D eigenvalue weighted by Crippen LogP contribution is 2.52. The Bertz CT molecular complexity index is 1870. The summed E-state index contributed by atoms with van der Waals surface area (Å²) in [5.74, 6) is -0.817.